The molecular formula is C32H41N3O3S. The number of hydrogen-bond acceptors (Lipinski definition) is 4. The van der Waals surface area contributed by atoms with Gasteiger partial charge in [-0.05, 0) is 54.4 Å². The van der Waals surface area contributed by atoms with E-state index >= 15 is 0 Å². The van der Waals surface area contributed by atoms with Crippen LogP contribution in [0.5, 0.6) is 0 Å². The molecule has 1 fully saturated rings. The predicted octanol–water partition coefficient (Wildman–Crippen LogP) is 6.72. The van der Waals surface area contributed by atoms with Crippen LogP contribution in [-0.4, -0.2) is 32.3 Å². The number of nitrogens with one attached hydrogen (secondary N) is 1. The molecule has 208 valence electrons. The molecule has 1 atom stereocenters. The second-order valence-electron chi connectivity index (χ2n) is 11.1. The van der Waals surface area contributed by atoms with E-state index in [1.54, 1.807) is 12.1 Å². The first-order valence-corrected chi connectivity index (χ1v) is 14.8. The SMILES string of the molecule is CCCCc1nc(C2CC2)c(CNC(=O)[C@@H](CS)CC(C)C)n1Cc1ccc(-c2ccccc2C(=O)O)cc1. The summed E-state index contributed by atoms with van der Waals surface area (Å²) in [5, 5.41) is 12.8. The van der Waals surface area contributed by atoms with Crippen LogP contribution in [0.4, 0.5) is 0 Å². The number of hydrogen-bond donors (Lipinski definition) is 3. The summed E-state index contributed by atoms with van der Waals surface area (Å²) in [5.41, 5.74) is 5.25. The van der Waals surface area contributed by atoms with Crippen molar-refractivity contribution in [2.45, 2.75) is 78.3 Å². The number of aromatic carboxylic acids is 1. The summed E-state index contributed by atoms with van der Waals surface area (Å²) < 4.78 is 2.31. The van der Waals surface area contributed by atoms with E-state index in [1.807, 2.05) is 24.3 Å². The third-order valence-electron chi connectivity index (χ3n) is 7.44. The molecule has 6 nitrogen and oxygen atoms in total. The minimum absolute atomic E-state index is 0.0600. The van der Waals surface area contributed by atoms with Gasteiger partial charge in [-0.25, -0.2) is 9.78 Å². The molecule has 1 aliphatic carbocycles. The van der Waals surface area contributed by atoms with Gasteiger partial charge in [-0.3, -0.25) is 4.79 Å². The number of amides is 1. The molecule has 2 aromatic carbocycles. The Balaban J connectivity index is 1.61. The number of carbonyl (C=O) groups excluding carboxylic acids is 1. The second-order valence-corrected chi connectivity index (χ2v) is 11.5. The van der Waals surface area contributed by atoms with E-state index < -0.39 is 5.97 Å². The molecule has 0 aliphatic heterocycles. The Labute approximate surface area is 237 Å². The van der Waals surface area contributed by atoms with Crippen LogP contribution in [0.1, 0.15) is 91.9 Å². The number of carboxylic acid groups (broad SMARTS) is 1. The fraction of sp³-hybridized carbons (Fsp3) is 0.469. The predicted molar refractivity (Wildman–Crippen MR) is 159 cm³/mol. The summed E-state index contributed by atoms with van der Waals surface area (Å²) in [6.07, 6.45) is 6.18. The van der Waals surface area contributed by atoms with E-state index in [4.69, 9.17) is 4.98 Å². The van der Waals surface area contributed by atoms with Crippen LogP contribution in [0.2, 0.25) is 0 Å². The first-order valence-electron chi connectivity index (χ1n) is 14.2. The lowest BCUT2D eigenvalue weighted by atomic mass is 9.98. The van der Waals surface area contributed by atoms with Gasteiger partial charge in [-0.15, -0.1) is 0 Å². The molecule has 7 heteroatoms. The number of unbranched alkanes of at least 4 members (excludes halogenated alkanes) is 1. The summed E-state index contributed by atoms with van der Waals surface area (Å²) >= 11 is 4.44. The van der Waals surface area contributed by atoms with E-state index in [9.17, 15) is 14.7 Å². The zero-order valence-corrected chi connectivity index (χ0v) is 24.2. The number of carboxylic acids is 1. The highest BCUT2D eigenvalue weighted by Gasteiger charge is 2.32. The van der Waals surface area contributed by atoms with Crippen molar-refractivity contribution >= 4 is 24.5 Å². The van der Waals surface area contributed by atoms with Gasteiger partial charge in [0.05, 0.1) is 23.5 Å². The molecule has 1 aromatic heterocycles. The molecule has 1 amide bonds. The molecule has 3 aromatic rings. The second kappa shape index (κ2) is 13.3. The Morgan fingerprint density at radius 2 is 1.85 bits per heavy atom. The van der Waals surface area contributed by atoms with Crippen molar-refractivity contribution in [3.63, 3.8) is 0 Å². The average molecular weight is 548 g/mol. The quantitative estimate of drug-likeness (QED) is 0.196. The zero-order valence-electron chi connectivity index (χ0n) is 23.3. The maximum Gasteiger partial charge on any atom is 0.336 e. The molecular weight excluding hydrogens is 506 g/mol. The topological polar surface area (TPSA) is 84.2 Å². The smallest absolute Gasteiger partial charge is 0.336 e. The number of aromatic nitrogens is 2. The van der Waals surface area contributed by atoms with E-state index in [2.05, 4.69) is 55.4 Å². The molecule has 0 saturated heterocycles. The van der Waals surface area contributed by atoms with Crippen LogP contribution in [0.15, 0.2) is 48.5 Å². The molecule has 0 spiro atoms. The third kappa shape index (κ3) is 7.33. The van der Waals surface area contributed by atoms with Crippen LogP contribution in [0.25, 0.3) is 11.1 Å². The lowest BCUT2D eigenvalue weighted by Crippen LogP contribution is -2.33. The Hall–Kier alpha value is -3.06. The van der Waals surface area contributed by atoms with Gasteiger partial charge in [0, 0.05) is 30.6 Å². The molecule has 1 heterocycles. The van der Waals surface area contributed by atoms with Crippen molar-refractivity contribution in [2.75, 3.05) is 5.75 Å². The summed E-state index contributed by atoms with van der Waals surface area (Å²) in [6.45, 7) is 7.59. The molecule has 0 unspecified atom stereocenters. The number of aryl methyl sites for hydroxylation is 1. The Bertz CT molecular complexity index is 1280. The number of carbonyl (C=O) groups is 2. The number of nitrogens with zero attached hydrogens (tertiary/aromatic N) is 2. The van der Waals surface area contributed by atoms with Crippen molar-refractivity contribution < 1.29 is 14.7 Å². The molecule has 1 aliphatic rings. The monoisotopic (exact) mass is 547 g/mol. The third-order valence-corrected chi connectivity index (χ3v) is 7.88. The molecule has 39 heavy (non-hydrogen) atoms. The lowest BCUT2D eigenvalue weighted by molar-refractivity contribution is -0.124. The summed E-state index contributed by atoms with van der Waals surface area (Å²) in [7, 11) is 0. The fourth-order valence-electron chi connectivity index (χ4n) is 5.18. The standard InChI is InChI=1S/C32H41N3O3S/c1-4-5-10-29-34-30(24-15-16-24)28(18-33-31(36)25(20-39)17-21(2)3)35(29)19-22-11-13-23(14-12-22)26-8-6-7-9-27(26)32(37)38/h6-9,11-14,21,24-25,39H,4-5,10,15-20H2,1-3H3,(H,33,36)(H,37,38)/t25-/m1/s1. The Kier molecular flexibility index (Phi) is 9.89. The minimum Gasteiger partial charge on any atom is -0.478 e. The van der Waals surface area contributed by atoms with Gasteiger partial charge in [0.2, 0.25) is 5.91 Å². The largest absolute Gasteiger partial charge is 0.478 e. The van der Waals surface area contributed by atoms with Crippen LogP contribution in [0, 0.1) is 11.8 Å². The van der Waals surface area contributed by atoms with Crippen molar-refractivity contribution in [2.24, 2.45) is 11.8 Å². The molecule has 2 N–H and O–H groups in total. The maximum atomic E-state index is 13.0. The van der Waals surface area contributed by atoms with Crippen molar-refractivity contribution in [1.29, 1.82) is 0 Å². The molecule has 4 rings (SSSR count). The van der Waals surface area contributed by atoms with E-state index in [0.717, 1.165) is 66.9 Å². The van der Waals surface area contributed by atoms with Crippen LogP contribution in [0.3, 0.4) is 0 Å². The van der Waals surface area contributed by atoms with Gasteiger partial charge in [0.1, 0.15) is 5.82 Å². The molecule has 1 saturated carbocycles. The Morgan fingerprint density at radius 1 is 1.13 bits per heavy atom. The molecule has 0 bridgehead atoms. The fourth-order valence-corrected chi connectivity index (χ4v) is 5.50. The summed E-state index contributed by atoms with van der Waals surface area (Å²) in [6, 6.07) is 15.2. The summed E-state index contributed by atoms with van der Waals surface area (Å²) in [5.74, 6) is 1.56. The van der Waals surface area contributed by atoms with Gasteiger partial charge in [-0.1, -0.05) is 69.7 Å². The first kappa shape index (κ1) is 28.9. The molecule has 0 radical (unpaired) electrons. The normalized spacial score (nSPS) is 14.0. The van der Waals surface area contributed by atoms with E-state index in [0.29, 0.717) is 41.8 Å². The zero-order chi connectivity index (χ0) is 27.9. The Morgan fingerprint density at radius 3 is 2.46 bits per heavy atom. The van der Waals surface area contributed by atoms with Crippen LogP contribution in [-0.2, 0) is 24.3 Å². The van der Waals surface area contributed by atoms with Crippen molar-refractivity contribution in [3.8, 4) is 11.1 Å². The van der Waals surface area contributed by atoms with Gasteiger partial charge in [-0.2, -0.15) is 12.6 Å². The number of thiol groups is 1. The maximum absolute atomic E-state index is 13.0. The van der Waals surface area contributed by atoms with E-state index in [-0.39, 0.29) is 11.8 Å². The van der Waals surface area contributed by atoms with Gasteiger partial charge >= 0.3 is 5.97 Å². The van der Waals surface area contributed by atoms with Crippen LogP contribution >= 0.6 is 12.6 Å². The average Bonchev–Trinajstić information content (AvgIpc) is 3.72. The van der Waals surface area contributed by atoms with Crippen LogP contribution < -0.4 is 5.32 Å². The lowest BCUT2D eigenvalue weighted by Gasteiger charge is -2.18. The van der Waals surface area contributed by atoms with E-state index in [1.165, 1.54) is 0 Å². The first-order chi connectivity index (χ1) is 18.8. The van der Waals surface area contributed by atoms with Crippen molar-refractivity contribution in [3.05, 3.63) is 76.9 Å². The van der Waals surface area contributed by atoms with Crippen molar-refractivity contribution in [1.82, 2.24) is 14.9 Å². The van der Waals surface area contributed by atoms with Gasteiger partial charge in [0.25, 0.3) is 0 Å². The van der Waals surface area contributed by atoms with Gasteiger partial charge in [0.15, 0.2) is 0 Å². The number of imidazole rings is 1. The number of benzene rings is 2. The highest BCUT2D eigenvalue weighted by Crippen LogP contribution is 2.41. The van der Waals surface area contributed by atoms with Gasteiger partial charge < -0.3 is 15.0 Å². The number of rotatable bonds is 14. The summed E-state index contributed by atoms with van der Waals surface area (Å²) in [4.78, 5) is 29.9. The minimum atomic E-state index is -0.929. The highest BCUT2D eigenvalue weighted by molar-refractivity contribution is 7.80. The highest BCUT2D eigenvalue weighted by atomic mass is 32.1.